The number of fused-ring (bicyclic) bond motifs is 2. The van der Waals surface area contributed by atoms with Crippen molar-refractivity contribution in [1.82, 2.24) is 0 Å². The maximum Gasteiger partial charge on any atom is 0.148 e. The molecule has 2 nitrogen and oxygen atoms in total. The van der Waals surface area contributed by atoms with Crippen LogP contribution in [0.1, 0.15) is 13.8 Å². The van der Waals surface area contributed by atoms with E-state index in [0.717, 1.165) is 11.1 Å². The molecule has 3 rings (SSSR count). The van der Waals surface area contributed by atoms with Gasteiger partial charge in [0.15, 0.2) is 0 Å². The molecule has 3 aliphatic carbocycles. The van der Waals surface area contributed by atoms with E-state index in [4.69, 9.17) is 0 Å². The van der Waals surface area contributed by atoms with E-state index in [0.29, 0.717) is 0 Å². The van der Waals surface area contributed by atoms with Gasteiger partial charge >= 0.3 is 0 Å². The Balaban J connectivity index is 2.08. The van der Waals surface area contributed by atoms with Crippen LogP contribution in [-0.2, 0) is 9.59 Å². The fourth-order valence-electron chi connectivity index (χ4n) is 3.39. The van der Waals surface area contributed by atoms with Gasteiger partial charge in [-0.1, -0.05) is 47.6 Å². The first-order valence-electron chi connectivity index (χ1n) is 6.38. The van der Waals surface area contributed by atoms with Gasteiger partial charge in [0, 0.05) is 0 Å². The van der Waals surface area contributed by atoms with Gasteiger partial charge in [0.2, 0.25) is 0 Å². The summed E-state index contributed by atoms with van der Waals surface area (Å²) in [6.07, 6.45) is 11.5. The Morgan fingerprint density at radius 2 is 1.17 bits per heavy atom. The van der Waals surface area contributed by atoms with E-state index in [1.807, 2.05) is 50.3 Å². The third-order valence-corrected chi connectivity index (χ3v) is 4.32. The van der Waals surface area contributed by atoms with Gasteiger partial charge in [-0.25, -0.2) is 0 Å². The molecule has 0 aromatic carbocycles. The molecule has 0 saturated heterocycles. The second-order valence-corrected chi connectivity index (χ2v) is 5.40. The molecule has 1 saturated carbocycles. The van der Waals surface area contributed by atoms with Crippen molar-refractivity contribution in [2.45, 2.75) is 13.8 Å². The molecule has 4 unspecified atom stereocenters. The van der Waals surface area contributed by atoms with Gasteiger partial charge in [0.25, 0.3) is 0 Å². The van der Waals surface area contributed by atoms with Crippen LogP contribution < -0.4 is 0 Å². The van der Waals surface area contributed by atoms with Gasteiger partial charge in [-0.05, 0) is 13.8 Å². The van der Waals surface area contributed by atoms with Gasteiger partial charge in [-0.3, -0.25) is 9.59 Å². The SMILES string of the molecule is CC1=CC=CC2C(=O)C3C(C)=CC=CC3C(=O)C12. The summed E-state index contributed by atoms with van der Waals surface area (Å²) in [6, 6.07) is 0. The predicted molar refractivity (Wildman–Crippen MR) is 69.8 cm³/mol. The smallest absolute Gasteiger partial charge is 0.148 e. The predicted octanol–water partition coefficient (Wildman–Crippen LogP) is 2.64. The average molecular weight is 240 g/mol. The molecule has 0 aromatic rings. The van der Waals surface area contributed by atoms with Crippen molar-refractivity contribution in [3.05, 3.63) is 47.6 Å². The molecule has 0 amide bonds. The van der Waals surface area contributed by atoms with Crippen molar-refractivity contribution in [1.29, 1.82) is 0 Å². The number of hydrogen-bond donors (Lipinski definition) is 0. The lowest BCUT2D eigenvalue weighted by Crippen LogP contribution is -2.48. The summed E-state index contributed by atoms with van der Waals surface area (Å²) in [4.78, 5) is 25.2. The number of carbonyl (C=O) groups excluding carboxylic acids is 2. The quantitative estimate of drug-likeness (QED) is 0.652. The van der Waals surface area contributed by atoms with Crippen LogP contribution in [-0.4, -0.2) is 11.6 Å². The summed E-state index contributed by atoms with van der Waals surface area (Å²) in [6.45, 7) is 3.89. The Hall–Kier alpha value is -1.70. The van der Waals surface area contributed by atoms with E-state index in [9.17, 15) is 9.59 Å². The zero-order valence-electron chi connectivity index (χ0n) is 10.6. The number of rotatable bonds is 0. The van der Waals surface area contributed by atoms with Crippen LogP contribution in [0.2, 0.25) is 0 Å². The Bertz CT molecular complexity index is 495. The van der Waals surface area contributed by atoms with Crippen molar-refractivity contribution in [3.63, 3.8) is 0 Å². The van der Waals surface area contributed by atoms with Crippen LogP contribution in [0.25, 0.3) is 0 Å². The molecule has 2 heteroatoms. The van der Waals surface area contributed by atoms with Crippen molar-refractivity contribution < 1.29 is 9.59 Å². The minimum atomic E-state index is -0.251. The molecule has 0 aliphatic heterocycles. The van der Waals surface area contributed by atoms with Crippen LogP contribution in [0.5, 0.6) is 0 Å². The van der Waals surface area contributed by atoms with Crippen LogP contribution in [0, 0.1) is 23.7 Å². The minimum absolute atomic E-state index is 0.200. The number of ketones is 2. The normalized spacial score (nSPS) is 37.9. The molecule has 0 radical (unpaired) electrons. The highest BCUT2D eigenvalue weighted by molar-refractivity contribution is 6.04. The van der Waals surface area contributed by atoms with Gasteiger partial charge < -0.3 is 0 Å². The molecule has 0 aromatic heterocycles. The summed E-state index contributed by atoms with van der Waals surface area (Å²) >= 11 is 0. The van der Waals surface area contributed by atoms with Crippen LogP contribution in [0.3, 0.4) is 0 Å². The monoisotopic (exact) mass is 240 g/mol. The fourth-order valence-corrected chi connectivity index (χ4v) is 3.39. The molecule has 0 spiro atoms. The Kier molecular flexibility index (Phi) is 2.47. The van der Waals surface area contributed by atoms with Gasteiger partial charge in [-0.2, -0.15) is 0 Å². The van der Waals surface area contributed by atoms with E-state index in [-0.39, 0.29) is 35.2 Å². The number of allylic oxidation sites excluding steroid dienone is 8. The van der Waals surface area contributed by atoms with Crippen molar-refractivity contribution >= 4 is 11.6 Å². The molecule has 0 bridgehead atoms. The fraction of sp³-hybridized carbons (Fsp3) is 0.375. The highest BCUT2D eigenvalue weighted by Gasteiger charge is 2.49. The van der Waals surface area contributed by atoms with E-state index in [1.165, 1.54) is 0 Å². The highest BCUT2D eigenvalue weighted by atomic mass is 16.1. The summed E-state index contributed by atoms with van der Waals surface area (Å²) in [5, 5.41) is 0. The van der Waals surface area contributed by atoms with Crippen molar-refractivity contribution in [2.24, 2.45) is 23.7 Å². The third-order valence-electron chi connectivity index (χ3n) is 4.32. The second kappa shape index (κ2) is 3.91. The number of carbonyl (C=O) groups is 2. The van der Waals surface area contributed by atoms with Gasteiger partial charge in [-0.15, -0.1) is 0 Å². The Morgan fingerprint density at radius 3 is 1.56 bits per heavy atom. The molecule has 0 N–H and O–H groups in total. The molecule has 18 heavy (non-hydrogen) atoms. The number of hydrogen-bond acceptors (Lipinski definition) is 2. The zero-order chi connectivity index (χ0) is 12.9. The molecule has 3 aliphatic rings. The highest BCUT2D eigenvalue weighted by Crippen LogP contribution is 2.43. The Labute approximate surface area is 107 Å². The summed E-state index contributed by atoms with van der Waals surface area (Å²) < 4.78 is 0. The first-order chi connectivity index (χ1) is 8.61. The van der Waals surface area contributed by atoms with Gasteiger partial charge in [0.1, 0.15) is 11.6 Å². The van der Waals surface area contributed by atoms with E-state index in [1.54, 1.807) is 0 Å². The summed E-state index contributed by atoms with van der Waals surface area (Å²) in [5.41, 5.74) is 2.03. The minimum Gasteiger partial charge on any atom is -0.298 e. The molecule has 0 heterocycles. The lowest BCUT2D eigenvalue weighted by atomic mass is 9.60. The lowest BCUT2D eigenvalue weighted by molar-refractivity contribution is -0.141. The van der Waals surface area contributed by atoms with Crippen molar-refractivity contribution in [3.8, 4) is 0 Å². The van der Waals surface area contributed by atoms with E-state index >= 15 is 0 Å². The number of Topliss-reactive ketones (excluding diaryl/α,β-unsaturated/α-hetero) is 2. The van der Waals surface area contributed by atoms with Crippen LogP contribution in [0.15, 0.2) is 47.6 Å². The summed E-state index contributed by atoms with van der Waals surface area (Å²) in [7, 11) is 0. The third kappa shape index (κ3) is 1.41. The van der Waals surface area contributed by atoms with E-state index < -0.39 is 0 Å². The Morgan fingerprint density at radius 1 is 0.778 bits per heavy atom. The maximum atomic E-state index is 12.6. The van der Waals surface area contributed by atoms with Gasteiger partial charge in [0.05, 0.1) is 23.7 Å². The zero-order valence-corrected chi connectivity index (χ0v) is 10.6. The average Bonchev–Trinajstić information content (AvgIpc) is 2.35. The maximum absolute atomic E-state index is 12.6. The van der Waals surface area contributed by atoms with Crippen LogP contribution in [0.4, 0.5) is 0 Å². The largest absolute Gasteiger partial charge is 0.298 e. The molecule has 4 atom stereocenters. The molecule has 92 valence electrons. The molecule has 1 fully saturated rings. The standard InChI is InChI=1S/C16H16O2/c1-9-5-3-7-11-13(9)15(17)12-8-4-6-10(2)14(12)16(11)18/h3-8,11-14H,1-2H3. The topological polar surface area (TPSA) is 34.1 Å². The van der Waals surface area contributed by atoms with Crippen molar-refractivity contribution in [2.75, 3.05) is 0 Å². The molecular weight excluding hydrogens is 224 g/mol. The van der Waals surface area contributed by atoms with E-state index in [2.05, 4.69) is 0 Å². The second-order valence-electron chi connectivity index (χ2n) is 5.40. The first-order valence-corrected chi connectivity index (χ1v) is 6.38. The first kappa shape index (κ1) is 11.4. The molecular formula is C16H16O2. The summed E-state index contributed by atoms with van der Waals surface area (Å²) in [5.74, 6) is -0.575. The lowest BCUT2D eigenvalue weighted by Gasteiger charge is -2.40. The van der Waals surface area contributed by atoms with Crippen LogP contribution >= 0.6 is 0 Å².